The smallest absolute Gasteiger partial charge is 0.160 e. The van der Waals surface area contributed by atoms with Crippen molar-refractivity contribution in [2.24, 2.45) is 5.92 Å². The highest BCUT2D eigenvalue weighted by molar-refractivity contribution is 5.89. The van der Waals surface area contributed by atoms with Crippen LogP contribution in [0.25, 0.3) is 56.2 Å². The van der Waals surface area contributed by atoms with E-state index in [4.69, 9.17) is 14.7 Å². The minimum absolute atomic E-state index is 0.219. The third-order valence-electron chi connectivity index (χ3n) is 11.9. The van der Waals surface area contributed by atoms with E-state index < -0.39 is 5.41 Å². The molecular weight excluding hydrogens is 681 g/mol. The Morgan fingerprint density at radius 2 is 1.00 bits per heavy atom. The lowest BCUT2D eigenvalue weighted by atomic mass is 9.61. The normalized spacial score (nSPS) is 18.4. The lowest BCUT2D eigenvalue weighted by molar-refractivity contribution is 0.375. The minimum Gasteiger partial charge on any atom is -0.456 e. The maximum atomic E-state index is 7.05. The molecule has 3 nitrogen and oxygen atoms in total. The van der Waals surface area contributed by atoms with Gasteiger partial charge in [-0.15, -0.1) is 0 Å². The van der Waals surface area contributed by atoms with Crippen LogP contribution in [0.1, 0.15) is 28.2 Å². The number of ether oxygens (including phenoxy) is 1. The lowest BCUT2D eigenvalue weighted by Crippen LogP contribution is -2.37. The van der Waals surface area contributed by atoms with Gasteiger partial charge in [0, 0.05) is 45.2 Å². The highest BCUT2D eigenvalue weighted by Gasteiger charge is 2.56. The first kappa shape index (κ1) is 32.3. The molecule has 11 rings (SSSR count). The predicted octanol–water partition coefficient (Wildman–Crippen LogP) is 13.1. The van der Waals surface area contributed by atoms with Crippen LogP contribution in [0.15, 0.2) is 206 Å². The van der Waals surface area contributed by atoms with Gasteiger partial charge >= 0.3 is 0 Å². The molecule has 1 aliphatic heterocycles. The third kappa shape index (κ3) is 4.98. The molecule has 0 fully saturated rings. The molecule has 56 heavy (non-hydrogen) atoms. The molecule has 3 aliphatic rings. The molecule has 0 saturated heterocycles. The van der Waals surface area contributed by atoms with E-state index in [1.807, 2.05) is 36.4 Å². The summed E-state index contributed by atoms with van der Waals surface area (Å²) in [6, 6.07) is 64.5. The van der Waals surface area contributed by atoms with Gasteiger partial charge in [-0.2, -0.15) is 0 Å². The molecule has 0 N–H and O–H groups in total. The minimum atomic E-state index is -0.397. The third-order valence-corrected chi connectivity index (χ3v) is 11.9. The van der Waals surface area contributed by atoms with E-state index in [9.17, 15) is 0 Å². The predicted molar refractivity (Wildman–Crippen MR) is 227 cm³/mol. The molecule has 8 aromatic rings. The van der Waals surface area contributed by atoms with Crippen LogP contribution in [-0.4, -0.2) is 9.97 Å². The van der Waals surface area contributed by atoms with Gasteiger partial charge in [0.15, 0.2) is 5.82 Å². The highest BCUT2D eigenvalue weighted by Crippen LogP contribution is 2.65. The molecule has 3 unspecified atom stereocenters. The molecule has 2 heterocycles. The van der Waals surface area contributed by atoms with E-state index in [-0.39, 0.29) is 11.8 Å². The average Bonchev–Trinajstić information content (AvgIpc) is 3.57. The van der Waals surface area contributed by atoms with Gasteiger partial charge in [0.2, 0.25) is 0 Å². The Labute approximate surface area is 327 Å². The summed E-state index contributed by atoms with van der Waals surface area (Å²) in [6.45, 7) is 0. The largest absolute Gasteiger partial charge is 0.456 e. The van der Waals surface area contributed by atoms with Crippen molar-refractivity contribution in [3.05, 3.63) is 229 Å². The number of hydrogen-bond acceptors (Lipinski definition) is 3. The van der Waals surface area contributed by atoms with Gasteiger partial charge in [-0.3, -0.25) is 0 Å². The van der Waals surface area contributed by atoms with Crippen molar-refractivity contribution < 1.29 is 4.74 Å². The van der Waals surface area contributed by atoms with Gasteiger partial charge in [-0.05, 0) is 39.9 Å². The van der Waals surface area contributed by atoms with Crippen LogP contribution in [0.2, 0.25) is 0 Å². The molecule has 0 bridgehead atoms. The molecule has 3 heteroatoms. The molecule has 0 amide bonds. The molecule has 0 saturated carbocycles. The van der Waals surface area contributed by atoms with E-state index >= 15 is 0 Å². The molecule has 1 spiro atoms. The fraction of sp³-hybridized carbons (Fsp3) is 0.0566. The van der Waals surface area contributed by atoms with Crippen molar-refractivity contribution in [1.82, 2.24) is 9.97 Å². The Kier molecular flexibility index (Phi) is 7.53. The fourth-order valence-corrected chi connectivity index (χ4v) is 9.46. The van der Waals surface area contributed by atoms with Crippen LogP contribution in [0.5, 0.6) is 11.5 Å². The molecule has 7 aromatic carbocycles. The zero-order valence-corrected chi connectivity index (χ0v) is 30.6. The van der Waals surface area contributed by atoms with Gasteiger partial charge in [-0.25, -0.2) is 9.97 Å². The quantitative estimate of drug-likeness (QED) is 0.178. The topological polar surface area (TPSA) is 35.0 Å². The van der Waals surface area contributed by atoms with Crippen LogP contribution in [-0.2, 0) is 5.41 Å². The molecule has 1 aromatic heterocycles. The average molecular weight is 717 g/mol. The molecule has 3 atom stereocenters. The zero-order valence-electron chi connectivity index (χ0n) is 30.6. The first-order valence-electron chi connectivity index (χ1n) is 19.3. The Morgan fingerprint density at radius 3 is 1.75 bits per heavy atom. The first-order valence-corrected chi connectivity index (χ1v) is 19.3. The van der Waals surface area contributed by atoms with E-state index in [2.05, 4.69) is 170 Å². The maximum absolute atomic E-state index is 7.05. The van der Waals surface area contributed by atoms with Crippen LogP contribution in [0, 0.1) is 5.92 Å². The lowest BCUT2D eigenvalue weighted by Gasteiger charge is -2.43. The van der Waals surface area contributed by atoms with Gasteiger partial charge < -0.3 is 4.74 Å². The van der Waals surface area contributed by atoms with Gasteiger partial charge in [0.1, 0.15) is 11.5 Å². The van der Waals surface area contributed by atoms with Gasteiger partial charge in [-0.1, -0.05) is 194 Å². The Balaban J connectivity index is 1.04. The van der Waals surface area contributed by atoms with E-state index in [0.717, 1.165) is 61.8 Å². The monoisotopic (exact) mass is 716 g/mol. The van der Waals surface area contributed by atoms with Crippen molar-refractivity contribution in [2.75, 3.05) is 0 Å². The van der Waals surface area contributed by atoms with Crippen LogP contribution < -0.4 is 4.74 Å². The van der Waals surface area contributed by atoms with Crippen molar-refractivity contribution in [1.29, 1.82) is 0 Å². The molecule has 2 aliphatic carbocycles. The van der Waals surface area contributed by atoms with Crippen LogP contribution in [0.4, 0.5) is 0 Å². The molecule has 0 radical (unpaired) electrons. The van der Waals surface area contributed by atoms with E-state index in [1.165, 1.54) is 22.3 Å². The number of hydrogen-bond donors (Lipinski definition) is 0. The van der Waals surface area contributed by atoms with Crippen LogP contribution >= 0.6 is 0 Å². The summed E-state index contributed by atoms with van der Waals surface area (Å²) in [6.07, 6.45) is 9.22. The summed E-state index contributed by atoms with van der Waals surface area (Å²) in [4.78, 5) is 10.2. The Morgan fingerprint density at radius 1 is 0.429 bits per heavy atom. The summed E-state index contributed by atoms with van der Waals surface area (Å²) >= 11 is 0. The molecular formula is C53H36N2O. The first-order chi connectivity index (χ1) is 27.8. The maximum Gasteiger partial charge on any atom is 0.160 e. The van der Waals surface area contributed by atoms with Crippen molar-refractivity contribution >= 4 is 0 Å². The summed E-state index contributed by atoms with van der Waals surface area (Å²) in [5.74, 6) is 3.04. The summed E-state index contributed by atoms with van der Waals surface area (Å²) in [7, 11) is 0. The van der Waals surface area contributed by atoms with Gasteiger partial charge in [0.05, 0.1) is 16.8 Å². The number of fused-ring (bicyclic) bond motifs is 9. The highest BCUT2D eigenvalue weighted by atomic mass is 16.5. The Hall–Kier alpha value is -7.10. The summed E-state index contributed by atoms with van der Waals surface area (Å²) < 4.78 is 7.05. The van der Waals surface area contributed by atoms with E-state index in [0.29, 0.717) is 5.82 Å². The second-order valence-electron chi connectivity index (χ2n) is 14.8. The van der Waals surface area contributed by atoms with Crippen molar-refractivity contribution in [2.45, 2.75) is 11.3 Å². The SMILES string of the molecule is C1=CC2c3ccccc3C3(c4ccccc4Oc4c(-c5ccccc5-c5ccc(-c6nc(-c7ccccc7)cc(-c7ccccc7)n6)cc5)cccc43)C2C=C1. The summed E-state index contributed by atoms with van der Waals surface area (Å²) in [5, 5.41) is 0. The second kappa shape index (κ2) is 13.0. The number of para-hydroxylation sites is 2. The standard InChI is InChI=1S/C53H36N2O/c1-3-16-36(17-4-1)48-34-49(37-18-5-2-6-19-37)55-52(54-48)38-32-30-35(31-33-38)39-20-7-8-21-40(39)43-24-15-28-47-51(43)56-50-29-14-13-27-46(50)53(47)44-25-11-9-22-41(44)42-23-10-12-26-45(42)53/h1-34,41,44H. The Bertz CT molecular complexity index is 2780. The number of aromatic nitrogens is 2. The van der Waals surface area contributed by atoms with E-state index in [1.54, 1.807) is 0 Å². The van der Waals surface area contributed by atoms with Crippen molar-refractivity contribution in [3.8, 4) is 67.7 Å². The number of nitrogens with zero attached hydrogens (tertiary/aromatic N) is 2. The number of benzene rings is 7. The zero-order chi connectivity index (χ0) is 37.1. The molecule has 264 valence electrons. The number of rotatable bonds is 5. The summed E-state index contributed by atoms with van der Waals surface area (Å²) in [5.41, 5.74) is 14.1. The second-order valence-corrected chi connectivity index (χ2v) is 14.8. The van der Waals surface area contributed by atoms with Gasteiger partial charge in [0.25, 0.3) is 0 Å². The van der Waals surface area contributed by atoms with Crippen molar-refractivity contribution in [3.63, 3.8) is 0 Å². The van der Waals surface area contributed by atoms with Crippen LogP contribution in [0.3, 0.4) is 0 Å². The number of allylic oxidation sites excluding steroid dienone is 4. The fourth-order valence-electron chi connectivity index (χ4n) is 9.46.